The van der Waals surface area contributed by atoms with Crippen molar-refractivity contribution >= 4 is 52.5 Å². The Balaban J connectivity index is 0. The number of nitrogens with zero attached hydrogens (tertiary/aromatic N) is 2. The van der Waals surface area contributed by atoms with Crippen molar-refractivity contribution in [2.45, 2.75) is 101 Å². The van der Waals surface area contributed by atoms with Crippen molar-refractivity contribution in [2.24, 2.45) is 0 Å². The van der Waals surface area contributed by atoms with Crippen LogP contribution in [0.3, 0.4) is 0 Å². The molecule has 0 aromatic heterocycles. The molecule has 0 aliphatic rings. The van der Waals surface area contributed by atoms with Gasteiger partial charge >= 0.3 is 69.2 Å². The first-order chi connectivity index (χ1) is 41.4. The normalized spacial score (nSPS) is 12.2. The second kappa shape index (κ2) is 44.7. The maximum atomic E-state index is 13.1. The number of aryl methyl sites for hydroxylation is 4. The van der Waals surface area contributed by atoms with Crippen LogP contribution in [0.2, 0.25) is 0 Å². The van der Waals surface area contributed by atoms with Gasteiger partial charge in [-0.2, -0.15) is 0 Å². The third kappa shape index (κ3) is 34.0. The molecule has 8 rings (SSSR count). The summed E-state index contributed by atoms with van der Waals surface area (Å²) in [6.07, 6.45) is -1.23. The van der Waals surface area contributed by atoms with E-state index in [2.05, 4.69) is 120 Å². The van der Waals surface area contributed by atoms with E-state index < -0.39 is 79.5 Å². The van der Waals surface area contributed by atoms with E-state index >= 15 is 0 Å². The van der Waals surface area contributed by atoms with Crippen molar-refractivity contribution in [3.8, 4) is 0 Å². The first kappa shape index (κ1) is 89.2. The van der Waals surface area contributed by atoms with E-state index in [4.69, 9.17) is 0 Å². The van der Waals surface area contributed by atoms with E-state index in [-0.39, 0.29) is 48.8 Å². The molecule has 6 N–H and O–H groups in total. The predicted octanol–water partition coefficient (Wildman–Crippen LogP) is 14.2. The number of sulfonamides is 2. The fraction of sp³-hybridized carbons (Fsp3) is 0.242. The summed E-state index contributed by atoms with van der Waals surface area (Å²) in [5.41, 5.74) is 9.88. The minimum absolute atomic E-state index is 0. The fourth-order valence-electron chi connectivity index (χ4n) is 8.25. The zero-order valence-corrected chi connectivity index (χ0v) is 60.3. The molecule has 0 unspecified atom stereocenters. The van der Waals surface area contributed by atoms with Crippen molar-refractivity contribution in [3.63, 3.8) is 0 Å². The van der Waals surface area contributed by atoms with Gasteiger partial charge in [0.2, 0.25) is 0 Å². The summed E-state index contributed by atoms with van der Waals surface area (Å²) < 4.78 is 113. The quantitative estimate of drug-likeness (QED) is 0.0181. The SMILES string of the molecule is Cc1ccc(C(C)C)cc1.Cc1ccc(C(C)C)cc1.Cc1ccc(S(=O)(=O)[N-][C@@H](c2ccccc2)[C@@H](NCP(=O)(O)O)c2ccccc2)cc1.Cc1ccc(S(=O)(=O)[N-][C@@H](c2ccccc2)[C@@H](NCP(=O)(O)O)c2ccccc2)cc1.FB(F)F.[CH3-].[CH3-].[Cl][Ru+3].[F-].[Ru+4]. The predicted molar refractivity (Wildman–Crippen MR) is 359 cm³/mol. The van der Waals surface area contributed by atoms with Gasteiger partial charge in [0.05, 0.1) is 12.6 Å². The molecule has 8 aromatic rings. The summed E-state index contributed by atoms with van der Waals surface area (Å²) in [6.45, 7) is 16.8. The van der Waals surface area contributed by atoms with E-state index in [0.717, 1.165) is 11.1 Å². The number of rotatable bonds is 20. The first-order valence-corrected chi connectivity index (χ1v) is 36.2. The molecule has 0 heterocycles. The van der Waals surface area contributed by atoms with Gasteiger partial charge in [0.1, 0.15) is 20.0 Å². The van der Waals surface area contributed by atoms with Crippen LogP contribution in [0.1, 0.15) is 119 Å². The molecule has 92 heavy (non-hydrogen) atoms. The third-order valence-corrected chi connectivity index (χ3v) is 16.8. The Morgan fingerprint density at radius 2 is 0.630 bits per heavy atom. The van der Waals surface area contributed by atoms with Crippen LogP contribution in [0.15, 0.2) is 228 Å². The molecule has 500 valence electrons. The van der Waals surface area contributed by atoms with Gasteiger partial charge in [-0.15, -0.1) is 0 Å². The van der Waals surface area contributed by atoms with E-state index in [1.54, 1.807) is 146 Å². The van der Waals surface area contributed by atoms with Gasteiger partial charge in [-0.05, 0) is 86.1 Å². The maximum absolute atomic E-state index is 13.1. The van der Waals surface area contributed by atoms with E-state index in [0.29, 0.717) is 34.1 Å². The Morgan fingerprint density at radius 1 is 0.424 bits per heavy atom. The Kier molecular flexibility index (Phi) is 43.4. The Morgan fingerprint density at radius 3 is 0.837 bits per heavy atom. The van der Waals surface area contributed by atoms with E-state index in [1.165, 1.54) is 46.5 Å². The summed E-state index contributed by atoms with van der Waals surface area (Å²) in [7, 11) is -16.0. The van der Waals surface area contributed by atoms with Crippen molar-refractivity contribution in [2.75, 3.05) is 12.6 Å². The van der Waals surface area contributed by atoms with Crippen LogP contribution in [0, 0.1) is 42.5 Å². The van der Waals surface area contributed by atoms with Crippen LogP contribution >= 0.6 is 24.9 Å². The molecule has 8 aromatic carbocycles. The molecule has 0 aliphatic heterocycles. The van der Waals surface area contributed by atoms with Crippen LogP contribution in [-0.2, 0) is 66.0 Å². The Bertz CT molecular complexity index is 3350. The largest absolute Gasteiger partial charge is 4.00 e. The molecule has 0 radical (unpaired) electrons. The second-order valence-corrected chi connectivity index (χ2v) is 27.3. The zero-order chi connectivity index (χ0) is 65.7. The van der Waals surface area contributed by atoms with Crippen molar-refractivity contribution in [1.29, 1.82) is 0 Å². The summed E-state index contributed by atoms with van der Waals surface area (Å²) in [5, 5.41) is 5.67. The van der Waals surface area contributed by atoms with Crippen LogP contribution in [0.25, 0.3) is 9.44 Å². The summed E-state index contributed by atoms with van der Waals surface area (Å²) >= 11 is 1.82. The summed E-state index contributed by atoms with van der Waals surface area (Å²) in [4.78, 5) is 37.7. The number of nitrogens with one attached hydrogen (secondary N) is 2. The minimum atomic E-state index is -4.39. The average Bonchev–Trinajstić information content (AvgIpc) is 0.849. The van der Waals surface area contributed by atoms with Gasteiger partial charge in [0, 0.05) is 21.9 Å². The number of hydrogen-bond donors (Lipinski definition) is 6. The Labute approximate surface area is 570 Å². The van der Waals surface area contributed by atoms with E-state index in [9.17, 15) is 58.5 Å². The molecule has 0 saturated heterocycles. The second-order valence-electron chi connectivity index (χ2n) is 20.7. The molecule has 14 nitrogen and oxygen atoms in total. The molecule has 0 spiro atoms. The Hall–Kier alpha value is -4.88. The molecular weight excluding hydrogens is 1460 g/mol. The van der Waals surface area contributed by atoms with Crippen LogP contribution < -0.4 is 15.3 Å². The molecule has 0 saturated carbocycles. The van der Waals surface area contributed by atoms with Crippen molar-refractivity contribution in [3.05, 3.63) is 298 Å². The summed E-state index contributed by atoms with van der Waals surface area (Å²) in [5.74, 6) is 1.31. The maximum Gasteiger partial charge on any atom is 4.00 e. The fourth-order valence-corrected chi connectivity index (χ4v) is 11.4. The molecular formula is C66H82BClF4N4O10P2Ru2S2+2. The van der Waals surface area contributed by atoms with Gasteiger partial charge in [0.25, 0.3) is 0 Å². The number of halogens is 5. The smallest absolute Gasteiger partial charge is 1.00 e. The van der Waals surface area contributed by atoms with Crippen LogP contribution in [0.5, 0.6) is 0 Å². The topological polar surface area (TPSA) is 236 Å². The van der Waals surface area contributed by atoms with Crippen LogP contribution in [-0.4, -0.2) is 56.5 Å². The molecule has 0 amide bonds. The first-order valence-electron chi connectivity index (χ1n) is 27.5. The molecule has 26 heteroatoms. The van der Waals surface area contributed by atoms with E-state index in [1.807, 2.05) is 31.2 Å². The van der Waals surface area contributed by atoms with Gasteiger partial charge in [-0.1, -0.05) is 267 Å². The van der Waals surface area contributed by atoms with Gasteiger partial charge in [0.15, 0.2) is 0 Å². The van der Waals surface area contributed by atoms with Gasteiger partial charge in [-0.25, -0.2) is 16.8 Å². The molecule has 0 bridgehead atoms. The van der Waals surface area contributed by atoms with Crippen molar-refractivity contribution in [1.82, 2.24) is 10.6 Å². The van der Waals surface area contributed by atoms with Gasteiger partial charge < -0.3 is 59.2 Å². The molecule has 4 atom stereocenters. The zero-order valence-electron chi connectivity index (χ0n) is 52.7. The number of hydrogen-bond acceptors (Lipinski definition) is 8. The average molecular weight is 1540 g/mol. The standard InChI is InChI=1S/2C22H24N2O5PS.2C10H14.2CH3.BF3.ClH.FH.2Ru/c2*1-17-12-14-20(15-13-17)31(28,29)24-22(19-10-6-3-7-11-19)21(23-16-30(25,26)27)18-8-4-2-5-9-18;2*1-8(2)10-6-4-9(3)5-7-10;;;2-1(3)4;;;;/h2*2-15,21-23H,16H2,1H3,(H2,25,26,27);2*4-8H,1-3H3;2*1H3;;2*1H;;/q2*-1;;;2*-1;;;;2*+4/p-2/t2*21-,22-;;;;;;;;;/m00........./s1. The minimum Gasteiger partial charge on any atom is -1.00 e. The molecule has 0 fully saturated rings. The van der Waals surface area contributed by atoms with Crippen molar-refractivity contribution < 1.29 is 100.0 Å². The molecule has 0 aliphatic carbocycles. The monoisotopic (exact) mass is 1540 g/mol. The number of benzene rings is 8. The third-order valence-electron chi connectivity index (χ3n) is 12.9. The summed E-state index contributed by atoms with van der Waals surface area (Å²) in [6, 6.07) is 62.2. The van der Waals surface area contributed by atoms with Gasteiger partial charge in [-0.3, -0.25) is 22.1 Å². The van der Waals surface area contributed by atoms with Crippen LogP contribution in [0.4, 0.5) is 12.9 Å².